The number of aromatic nitrogens is 4. The number of carbonyl (C=O) groups is 4. The molecule has 1 atom stereocenters. The summed E-state index contributed by atoms with van der Waals surface area (Å²) < 4.78 is 9.96. The molecule has 206 valence electrons. The van der Waals surface area contributed by atoms with Crippen LogP contribution in [0, 0.1) is 0 Å². The van der Waals surface area contributed by atoms with Gasteiger partial charge in [0.05, 0.1) is 29.2 Å². The number of benzene rings is 3. The summed E-state index contributed by atoms with van der Waals surface area (Å²) in [6, 6.07) is 17.9. The zero-order valence-electron chi connectivity index (χ0n) is 22.1. The van der Waals surface area contributed by atoms with Crippen LogP contribution in [0.15, 0.2) is 60.7 Å². The first kappa shape index (κ1) is 26.1. The second-order valence-corrected chi connectivity index (χ2v) is 9.96. The van der Waals surface area contributed by atoms with Crippen molar-refractivity contribution in [1.82, 2.24) is 25.5 Å². The van der Waals surface area contributed by atoms with Crippen molar-refractivity contribution in [3.63, 3.8) is 0 Å². The Balaban J connectivity index is 1.52. The summed E-state index contributed by atoms with van der Waals surface area (Å²) in [7, 11) is 1.33. The maximum Gasteiger partial charge on any atom is 0.337 e. The number of rotatable bonds is 8. The Labute approximate surface area is 234 Å². The minimum Gasteiger partial charge on any atom is -0.465 e. The van der Waals surface area contributed by atoms with Crippen LogP contribution in [0.4, 0.5) is 0 Å². The number of fused-ring (bicyclic) bond motifs is 3. The second kappa shape index (κ2) is 10.4. The quantitative estimate of drug-likeness (QED) is 0.199. The van der Waals surface area contributed by atoms with Crippen LogP contribution >= 0.6 is 0 Å². The van der Waals surface area contributed by atoms with Gasteiger partial charge in [-0.1, -0.05) is 41.6 Å². The number of nitrogens with one attached hydrogen (secondary N) is 1. The zero-order chi connectivity index (χ0) is 28.6. The van der Waals surface area contributed by atoms with Crippen molar-refractivity contribution >= 4 is 24.3 Å². The van der Waals surface area contributed by atoms with Crippen LogP contribution in [-0.4, -0.2) is 63.4 Å². The van der Waals surface area contributed by atoms with Gasteiger partial charge in [0.1, 0.15) is 6.61 Å². The molecule has 1 aliphatic carbocycles. The van der Waals surface area contributed by atoms with Crippen LogP contribution in [0.2, 0.25) is 0 Å². The summed E-state index contributed by atoms with van der Waals surface area (Å²) in [5.74, 6) is -0.809. The highest BCUT2D eigenvalue weighted by atomic mass is 16.5. The fourth-order valence-electron chi connectivity index (χ4n) is 6.05. The van der Waals surface area contributed by atoms with E-state index in [1.807, 2.05) is 24.3 Å². The molecule has 0 radical (unpaired) electrons. The largest absolute Gasteiger partial charge is 0.465 e. The third kappa shape index (κ3) is 4.26. The first-order chi connectivity index (χ1) is 20.0. The first-order valence-electron chi connectivity index (χ1n) is 13.1. The summed E-state index contributed by atoms with van der Waals surface area (Å²) >= 11 is 0. The SMILES string of the molecule is COC(=O)c1ccc2c(c1)CCc1cc(COC=O)ccc1C2(CCN1C(=O)c2ccccc2C1=O)c1nn[nH]n1. The highest BCUT2D eigenvalue weighted by Gasteiger charge is 2.46. The van der Waals surface area contributed by atoms with E-state index < -0.39 is 11.4 Å². The Hall–Kier alpha value is -5.19. The van der Waals surface area contributed by atoms with E-state index in [1.165, 1.54) is 12.0 Å². The Morgan fingerprint density at radius 3 is 2.32 bits per heavy atom. The molecule has 2 amide bonds. The minimum atomic E-state index is -1.04. The van der Waals surface area contributed by atoms with Crippen LogP contribution in [0.1, 0.15) is 71.1 Å². The molecule has 6 rings (SSSR count). The van der Waals surface area contributed by atoms with Gasteiger partial charge in [-0.3, -0.25) is 19.3 Å². The number of hydrogen-bond acceptors (Lipinski definition) is 9. The number of imide groups is 1. The minimum absolute atomic E-state index is 0.0779. The van der Waals surface area contributed by atoms with Gasteiger partial charge >= 0.3 is 5.97 Å². The van der Waals surface area contributed by atoms with Gasteiger partial charge in [0, 0.05) is 6.54 Å². The van der Waals surface area contributed by atoms with Crippen LogP contribution < -0.4 is 0 Å². The van der Waals surface area contributed by atoms with Gasteiger partial charge in [-0.25, -0.2) is 4.79 Å². The molecule has 0 saturated carbocycles. The maximum atomic E-state index is 13.3. The summed E-state index contributed by atoms with van der Waals surface area (Å²) in [5.41, 5.74) is 4.45. The summed E-state index contributed by atoms with van der Waals surface area (Å²) in [5, 5.41) is 15.3. The smallest absolute Gasteiger partial charge is 0.337 e. The van der Waals surface area contributed by atoms with Crippen LogP contribution in [0.25, 0.3) is 0 Å². The van der Waals surface area contributed by atoms with Gasteiger partial charge in [-0.05, 0) is 71.3 Å². The van der Waals surface area contributed by atoms with Crippen LogP contribution in [-0.2, 0) is 39.1 Å². The monoisotopic (exact) mass is 551 g/mol. The summed E-state index contributed by atoms with van der Waals surface area (Å²) in [4.78, 5) is 51.1. The Bertz CT molecular complexity index is 1650. The molecule has 1 N–H and O–H groups in total. The van der Waals surface area contributed by atoms with Crippen molar-refractivity contribution in [2.45, 2.75) is 31.3 Å². The molecule has 2 heterocycles. The van der Waals surface area contributed by atoms with E-state index in [-0.39, 0.29) is 31.4 Å². The molecular formula is C30H25N5O6. The van der Waals surface area contributed by atoms with E-state index >= 15 is 0 Å². The van der Waals surface area contributed by atoms with Crippen molar-refractivity contribution in [2.24, 2.45) is 0 Å². The second-order valence-electron chi connectivity index (χ2n) is 9.96. The van der Waals surface area contributed by atoms with E-state index in [1.54, 1.807) is 36.4 Å². The lowest BCUT2D eigenvalue weighted by Gasteiger charge is -2.35. The Morgan fingerprint density at radius 1 is 1.00 bits per heavy atom. The van der Waals surface area contributed by atoms with Crippen molar-refractivity contribution in [2.75, 3.05) is 13.7 Å². The van der Waals surface area contributed by atoms with Crippen LogP contribution in [0.5, 0.6) is 0 Å². The number of H-pyrrole nitrogens is 1. The molecule has 1 aliphatic heterocycles. The lowest BCUT2D eigenvalue weighted by atomic mass is 9.69. The van der Waals surface area contributed by atoms with E-state index in [0.717, 1.165) is 27.8 Å². The fraction of sp³-hybridized carbons (Fsp3) is 0.233. The standard InChI is InChI=1S/C30H25N5O6/c1-40-28(39)21-9-11-25-20(15-21)8-7-19-14-18(16-41-17-36)6-10-24(19)30(25,29-31-33-34-32-29)12-13-35-26(37)22-4-2-3-5-23(22)27(35)38/h2-6,9-11,14-15,17H,7-8,12-13,16H2,1H3,(H,31,32,33,34). The lowest BCUT2D eigenvalue weighted by molar-refractivity contribution is -0.129. The van der Waals surface area contributed by atoms with Gasteiger partial charge in [0.2, 0.25) is 0 Å². The molecular weight excluding hydrogens is 526 g/mol. The average Bonchev–Trinajstić information content (AvgIpc) is 3.60. The van der Waals surface area contributed by atoms with Crippen molar-refractivity contribution < 1.29 is 28.7 Å². The molecule has 1 aromatic heterocycles. The number of nitrogens with zero attached hydrogens (tertiary/aromatic N) is 4. The zero-order valence-corrected chi connectivity index (χ0v) is 22.1. The lowest BCUT2D eigenvalue weighted by Crippen LogP contribution is -2.39. The molecule has 4 aromatic rings. The summed E-state index contributed by atoms with van der Waals surface area (Å²) in [6.45, 7) is 0.594. The number of esters is 1. The van der Waals surface area contributed by atoms with Crippen molar-refractivity contribution in [3.05, 3.63) is 111 Å². The summed E-state index contributed by atoms with van der Waals surface area (Å²) in [6.07, 6.45) is 1.44. The predicted molar refractivity (Wildman–Crippen MR) is 143 cm³/mol. The molecule has 0 spiro atoms. The van der Waals surface area contributed by atoms with Gasteiger partial charge in [-0.2, -0.15) is 5.21 Å². The molecule has 11 nitrogen and oxygen atoms in total. The molecule has 0 saturated heterocycles. The third-order valence-corrected chi connectivity index (χ3v) is 7.91. The number of tetrazole rings is 1. The molecule has 0 bridgehead atoms. The van der Waals surface area contributed by atoms with Crippen molar-refractivity contribution in [1.29, 1.82) is 0 Å². The Kier molecular flexibility index (Phi) is 6.62. The number of amides is 2. The molecule has 1 unspecified atom stereocenters. The highest BCUT2D eigenvalue weighted by Crippen LogP contribution is 2.46. The number of aryl methyl sites for hydroxylation is 2. The van der Waals surface area contributed by atoms with Crippen LogP contribution in [0.3, 0.4) is 0 Å². The number of methoxy groups -OCH3 is 1. The van der Waals surface area contributed by atoms with Gasteiger partial charge in [0.15, 0.2) is 5.82 Å². The molecule has 2 aliphatic rings. The molecule has 11 heteroatoms. The average molecular weight is 552 g/mol. The number of aromatic amines is 1. The normalized spacial score (nSPS) is 17.3. The van der Waals surface area contributed by atoms with E-state index in [0.29, 0.717) is 41.8 Å². The number of carbonyl (C=O) groups excluding carboxylic acids is 4. The third-order valence-electron chi connectivity index (χ3n) is 7.91. The van der Waals surface area contributed by atoms with Crippen molar-refractivity contribution in [3.8, 4) is 0 Å². The topological polar surface area (TPSA) is 144 Å². The number of hydrogen-bond donors (Lipinski definition) is 1. The van der Waals surface area contributed by atoms with E-state index in [2.05, 4.69) is 20.6 Å². The molecule has 3 aromatic carbocycles. The van der Waals surface area contributed by atoms with E-state index in [4.69, 9.17) is 9.47 Å². The predicted octanol–water partition coefficient (Wildman–Crippen LogP) is 2.78. The van der Waals surface area contributed by atoms with Gasteiger partial charge < -0.3 is 9.47 Å². The van der Waals surface area contributed by atoms with Gasteiger partial charge in [-0.15, -0.1) is 10.2 Å². The first-order valence-corrected chi connectivity index (χ1v) is 13.1. The van der Waals surface area contributed by atoms with E-state index in [9.17, 15) is 19.2 Å². The van der Waals surface area contributed by atoms with Gasteiger partial charge in [0.25, 0.3) is 18.3 Å². The molecule has 0 fully saturated rings. The number of ether oxygens (including phenoxy) is 2. The Morgan fingerprint density at radius 2 is 1.68 bits per heavy atom. The maximum absolute atomic E-state index is 13.3. The highest BCUT2D eigenvalue weighted by molar-refractivity contribution is 6.21. The molecule has 41 heavy (non-hydrogen) atoms. The fourth-order valence-corrected chi connectivity index (χ4v) is 6.05.